The maximum absolute atomic E-state index is 4.89. The Bertz CT molecular complexity index is 846. The van der Waals surface area contributed by atoms with Gasteiger partial charge in [0, 0.05) is 47.7 Å². The Kier molecular flexibility index (Phi) is 4.53. The average molecular weight is 350 g/mol. The lowest BCUT2D eigenvalue weighted by atomic mass is 10.00. The first-order valence-corrected chi connectivity index (χ1v) is 9.85. The van der Waals surface area contributed by atoms with E-state index in [2.05, 4.69) is 59.4 Å². The molecule has 1 aliphatic heterocycles. The maximum atomic E-state index is 4.89. The predicted molar refractivity (Wildman–Crippen MR) is 106 cm³/mol. The Hall–Kier alpha value is -2.20. The lowest BCUT2D eigenvalue weighted by molar-refractivity contribution is 0.865. The molecule has 128 valence electrons. The van der Waals surface area contributed by atoms with E-state index in [9.17, 15) is 0 Å². The molecule has 0 amide bonds. The van der Waals surface area contributed by atoms with Crippen LogP contribution in [0.25, 0.3) is 21.8 Å². The molecule has 1 aliphatic rings. The van der Waals surface area contributed by atoms with Gasteiger partial charge in [-0.15, -0.1) is 11.3 Å². The van der Waals surface area contributed by atoms with Gasteiger partial charge in [-0.25, -0.2) is 4.98 Å². The molecule has 0 N–H and O–H groups in total. The molecule has 3 heterocycles. The van der Waals surface area contributed by atoms with E-state index < -0.39 is 0 Å². The fourth-order valence-corrected chi connectivity index (χ4v) is 4.30. The quantitative estimate of drug-likeness (QED) is 0.614. The van der Waals surface area contributed by atoms with Gasteiger partial charge >= 0.3 is 0 Å². The molecule has 0 radical (unpaired) electrons. The van der Waals surface area contributed by atoms with Crippen LogP contribution in [0.5, 0.6) is 0 Å². The van der Waals surface area contributed by atoms with Gasteiger partial charge in [0.05, 0.1) is 5.69 Å². The van der Waals surface area contributed by atoms with E-state index in [-0.39, 0.29) is 0 Å². The van der Waals surface area contributed by atoms with E-state index in [1.54, 1.807) is 11.3 Å². The number of thiazole rings is 1. The molecule has 4 rings (SSSR count). The van der Waals surface area contributed by atoms with E-state index in [0.29, 0.717) is 5.92 Å². The molecule has 0 unspecified atom stereocenters. The van der Waals surface area contributed by atoms with Crippen LogP contribution in [0.4, 0.5) is 5.69 Å². The Morgan fingerprint density at radius 3 is 2.52 bits per heavy atom. The van der Waals surface area contributed by atoms with Gasteiger partial charge in [0.15, 0.2) is 0 Å². The van der Waals surface area contributed by atoms with Crippen molar-refractivity contribution in [1.29, 1.82) is 0 Å². The van der Waals surface area contributed by atoms with Crippen molar-refractivity contribution in [3.05, 3.63) is 53.7 Å². The Morgan fingerprint density at radius 1 is 1.04 bits per heavy atom. The van der Waals surface area contributed by atoms with Crippen molar-refractivity contribution in [1.82, 2.24) is 9.97 Å². The molecular weight excluding hydrogens is 326 g/mol. The highest BCUT2D eigenvalue weighted by atomic mass is 32.1. The molecule has 1 saturated heterocycles. The summed E-state index contributed by atoms with van der Waals surface area (Å²) in [5.74, 6) is 0.463. The first-order chi connectivity index (χ1) is 12.2. The van der Waals surface area contributed by atoms with Gasteiger partial charge < -0.3 is 4.90 Å². The molecule has 1 aromatic carbocycles. The molecule has 3 aromatic rings. The molecule has 2 aromatic heterocycles. The highest BCUT2D eigenvalue weighted by Crippen LogP contribution is 2.33. The fraction of sp³-hybridized carbons (Fsp3) is 0.333. The van der Waals surface area contributed by atoms with Crippen LogP contribution < -0.4 is 4.90 Å². The van der Waals surface area contributed by atoms with Crippen molar-refractivity contribution < 1.29 is 0 Å². The van der Waals surface area contributed by atoms with E-state index in [4.69, 9.17) is 4.98 Å². The summed E-state index contributed by atoms with van der Waals surface area (Å²) in [6.07, 6.45) is 6.42. The lowest BCUT2D eigenvalue weighted by Crippen LogP contribution is -2.17. The Labute approximate surface area is 153 Å². The van der Waals surface area contributed by atoms with Crippen LogP contribution in [0.2, 0.25) is 0 Å². The van der Waals surface area contributed by atoms with E-state index >= 15 is 0 Å². The van der Waals surface area contributed by atoms with Crippen LogP contribution in [-0.4, -0.2) is 23.1 Å². The minimum Gasteiger partial charge on any atom is -0.372 e. The summed E-state index contributed by atoms with van der Waals surface area (Å²) in [4.78, 5) is 11.6. The van der Waals surface area contributed by atoms with Crippen LogP contribution in [0.3, 0.4) is 0 Å². The number of hydrogen-bond donors (Lipinski definition) is 0. The zero-order chi connectivity index (χ0) is 17.2. The van der Waals surface area contributed by atoms with Gasteiger partial charge in [-0.3, -0.25) is 4.98 Å². The van der Waals surface area contributed by atoms with Crippen molar-refractivity contribution in [3.8, 4) is 21.8 Å². The molecule has 3 nitrogen and oxygen atoms in total. The summed E-state index contributed by atoms with van der Waals surface area (Å²) < 4.78 is 0. The summed E-state index contributed by atoms with van der Waals surface area (Å²) in [5.41, 5.74) is 6.01. The van der Waals surface area contributed by atoms with Crippen LogP contribution in [0.1, 0.15) is 38.2 Å². The summed E-state index contributed by atoms with van der Waals surface area (Å²) in [6.45, 7) is 6.78. The van der Waals surface area contributed by atoms with E-state index in [1.807, 2.05) is 12.4 Å². The van der Waals surface area contributed by atoms with Crippen LogP contribution in [-0.2, 0) is 0 Å². The minimum atomic E-state index is 0.463. The zero-order valence-corrected chi connectivity index (χ0v) is 15.6. The SMILES string of the molecule is CC(C)c1ccncc1-c1nc(-c2ccc(N3CCCC3)cc2)cs1. The molecule has 0 atom stereocenters. The van der Waals surface area contributed by atoms with Gasteiger partial charge in [0.2, 0.25) is 0 Å². The Balaban J connectivity index is 1.61. The lowest BCUT2D eigenvalue weighted by Gasteiger charge is -2.17. The minimum absolute atomic E-state index is 0.463. The van der Waals surface area contributed by atoms with E-state index in [0.717, 1.165) is 16.3 Å². The first-order valence-electron chi connectivity index (χ1n) is 8.97. The van der Waals surface area contributed by atoms with E-state index in [1.165, 1.54) is 42.7 Å². The number of hydrogen-bond acceptors (Lipinski definition) is 4. The van der Waals surface area contributed by atoms with Crippen molar-refractivity contribution in [2.75, 3.05) is 18.0 Å². The van der Waals surface area contributed by atoms with Gasteiger partial charge in [-0.1, -0.05) is 26.0 Å². The van der Waals surface area contributed by atoms with Crippen molar-refractivity contribution >= 4 is 17.0 Å². The summed E-state index contributed by atoms with van der Waals surface area (Å²) in [5, 5.41) is 3.20. The fourth-order valence-electron chi connectivity index (χ4n) is 3.44. The molecule has 4 heteroatoms. The second-order valence-electron chi connectivity index (χ2n) is 6.90. The van der Waals surface area contributed by atoms with Crippen LogP contribution in [0.15, 0.2) is 48.1 Å². The highest BCUT2D eigenvalue weighted by Gasteiger charge is 2.14. The molecule has 0 saturated carbocycles. The number of aromatic nitrogens is 2. The number of nitrogens with zero attached hydrogens (tertiary/aromatic N) is 3. The van der Waals surface area contributed by atoms with Gasteiger partial charge in [-0.2, -0.15) is 0 Å². The second-order valence-corrected chi connectivity index (χ2v) is 7.75. The molecule has 0 spiro atoms. The van der Waals surface area contributed by atoms with Crippen molar-refractivity contribution in [2.24, 2.45) is 0 Å². The largest absolute Gasteiger partial charge is 0.372 e. The normalized spacial score (nSPS) is 14.4. The third-order valence-electron chi connectivity index (χ3n) is 4.85. The highest BCUT2D eigenvalue weighted by molar-refractivity contribution is 7.13. The van der Waals surface area contributed by atoms with Crippen molar-refractivity contribution in [2.45, 2.75) is 32.6 Å². The number of benzene rings is 1. The molecule has 0 aliphatic carbocycles. The zero-order valence-electron chi connectivity index (χ0n) is 14.8. The molecule has 0 bridgehead atoms. The summed E-state index contributed by atoms with van der Waals surface area (Å²) in [7, 11) is 0. The van der Waals surface area contributed by atoms with Crippen LogP contribution >= 0.6 is 11.3 Å². The number of anilines is 1. The molecule has 25 heavy (non-hydrogen) atoms. The first kappa shape index (κ1) is 16.3. The standard InChI is InChI=1S/C21H23N3S/c1-15(2)18-9-10-22-13-19(18)21-23-20(14-25-21)16-5-7-17(8-6-16)24-11-3-4-12-24/h5-10,13-15H,3-4,11-12H2,1-2H3. The second kappa shape index (κ2) is 6.96. The maximum Gasteiger partial charge on any atom is 0.125 e. The van der Waals surface area contributed by atoms with Gasteiger partial charge in [0.25, 0.3) is 0 Å². The predicted octanol–water partition coefficient (Wildman–Crippen LogP) is 5.60. The third-order valence-corrected chi connectivity index (χ3v) is 5.72. The summed E-state index contributed by atoms with van der Waals surface area (Å²) >= 11 is 1.70. The van der Waals surface area contributed by atoms with Gasteiger partial charge in [0.1, 0.15) is 5.01 Å². The average Bonchev–Trinajstić information content (AvgIpc) is 3.34. The number of rotatable bonds is 4. The Morgan fingerprint density at radius 2 is 1.80 bits per heavy atom. The number of pyridine rings is 1. The molecule has 1 fully saturated rings. The van der Waals surface area contributed by atoms with Crippen molar-refractivity contribution in [3.63, 3.8) is 0 Å². The molecular formula is C21H23N3S. The summed E-state index contributed by atoms with van der Waals surface area (Å²) in [6, 6.07) is 10.9. The smallest absolute Gasteiger partial charge is 0.125 e. The van der Waals surface area contributed by atoms with Gasteiger partial charge in [-0.05, 0) is 42.5 Å². The monoisotopic (exact) mass is 349 g/mol. The topological polar surface area (TPSA) is 29.0 Å². The van der Waals surface area contributed by atoms with Crippen LogP contribution in [0, 0.1) is 0 Å². The third kappa shape index (κ3) is 3.31.